The third kappa shape index (κ3) is 4.27. The maximum absolute atomic E-state index is 12.6. The summed E-state index contributed by atoms with van der Waals surface area (Å²) < 4.78 is 0. The number of benzene rings is 1. The zero-order valence-corrected chi connectivity index (χ0v) is 15.2. The minimum atomic E-state index is -0.957. The van der Waals surface area contributed by atoms with Crippen molar-refractivity contribution in [2.45, 2.75) is 12.8 Å². The summed E-state index contributed by atoms with van der Waals surface area (Å²) in [5, 5.41) is 12.1. The molecule has 1 aliphatic heterocycles. The molecule has 2 amide bonds. The quantitative estimate of drug-likeness (QED) is 0.791. The molecule has 1 aromatic rings. The number of nitrogens with one attached hydrogen (secondary N) is 1. The largest absolute Gasteiger partial charge is 0.481 e. The fourth-order valence-corrected chi connectivity index (χ4v) is 4.19. The van der Waals surface area contributed by atoms with Crippen molar-refractivity contribution in [1.82, 2.24) is 4.90 Å². The van der Waals surface area contributed by atoms with Gasteiger partial charge in [-0.15, -0.1) is 0 Å². The van der Waals surface area contributed by atoms with E-state index in [0.717, 1.165) is 24.6 Å². The number of carboxylic acid groups (broad SMARTS) is 1. The second kappa shape index (κ2) is 8.40. The average molecular weight is 374 g/mol. The van der Waals surface area contributed by atoms with Gasteiger partial charge in [0.2, 0.25) is 5.91 Å². The van der Waals surface area contributed by atoms with Gasteiger partial charge in [0.1, 0.15) is 0 Å². The highest BCUT2D eigenvalue weighted by molar-refractivity contribution is 7.99. The molecule has 0 bridgehead atoms. The van der Waals surface area contributed by atoms with E-state index in [4.69, 9.17) is 0 Å². The van der Waals surface area contributed by atoms with E-state index in [1.165, 1.54) is 0 Å². The number of aliphatic carboxylic acids is 1. The van der Waals surface area contributed by atoms with Gasteiger partial charge in [-0.05, 0) is 31.0 Å². The van der Waals surface area contributed by atoms with Crippen LogP contribution < -0.4 is 5.32 Å². The van der Waals surface area contributed by atoms with E-state index in [-0.39, 0.29) is 11.8 Å². The van der Waals surface area contributed by atoms with Crippen LogP contribution in [0.15, 0.2) is 36.4 Å². The number of hydrogen-bond acceptors (Lipinski definition) is 4. The van der Waals surface area contributed by atoms with Gasteiger partial charge in [0.25, 0.3) is 5.91 Å². The minimum absolute atomic E-state index is 0.0367. The third-order valence-corrected chi connectivity index (χ3v) is 5.70. The molecule has 1 heterocycles. The fourth-order valence-electron chi connectivity index (χ4n) is 3.29. The van der Waals surface area contributed by atoms with Crippen LogP contribution in [0.4, 0.5) is 5.69 Å². The summed E-state index contributed by atoms with van der Waals surface area (Å²) in [6.07, 6.45) is 4.42. The molecule has 2 atom stereocenters. The Kier molecular flexibility index (Phi) is 5.98. The van der Waals surface area contributed by atoms with Gasteiger partial charge in [-0.2, -0.15) is 11.8 Å². The molecular formula is C19H22N2O4S. The van der Waals surface area contributed by atoms with E-state index >= 15 is 0 Å². The Balaban J connectivity index is 1.70. The second-order valence-electron chi connectivity index (χ2n) is 6.47. The molecule has 0 spiro atoms. The standard InChI is InChI=1S/C19H22N2O4S/c22-17(15-6-1-2-7-16(15)19(24)25)20-14-5-3-4-13(12-14)18(23)21-8-10-26-11-9-21/h1-5,12,15-16H,6-11H2,(H,20,22)(H,24,25)/t15-,16-/m1/s1. The SMILES string of the molecule is O=C(O)[C@@H]1CC=CC[C@H]1C(=O)Nc1cccc(C(=O)N2CCSCC2)c1. The predicted molar refractivity (Wildman–Crippen MR) is 101 cm³/mol. The molecule has 2 aliphatic rings. The van der Waals surface area contributed by atoms with Crippen LogP contribution in [0.1, 0.15) is 23.2 Å². The Morgan fingerprint density at radius 2 is 1.77 bits per heavy atom. The minimum Gasteiger partial charge on any atom is -0.481 e. The number of rotatable bonds is 4. The molecule has 2 N–H and O–H groups in total. The van der Waals surface area contributed by atoms with Crippen LogP contribution in [0.5, 0.6) is 0 Å². The van der Waals surface area contributed by atoms with Crippen molar-refractivity contribution in [3.05, 3.63) is 42.0 Å². The summed E-state index contributed by atoms with van der Waals surface area (Å²) in [5.41, 5.74) is 1.05. The van der Waals surface area contributed by atoms with Gasteiger partial charge in [0, 0.05) is 35.8 Å². The van der Waals surface area contributed by atoms with E-state index in [1.807, 2.05) is 22.7 Å². The first-order chi connectivity index (χ1) is 12.6. The number of carbonyl (C=O) groups excluding carboxylic acids is 2. The highest BCUT2D eigenvalue weighted by Gasteiger charge is 2.34. The Bertz CT molecular complexity index is 728. The molecule has 1 fully saturated rings. The summed E-state index contributed by atoms with van der Waals surface area (Å²) in [6.45, 7) is 1.46. The van der Waals surface area contributed by atoms with E-state index in [0.29, 0.717) is 24.1 Å². The zero-order chi connectivity index (χ0) is 18.5. The molecule has 1 saturated heterocycles. The van der Waals surface area contributed by atoms with Crippen molar-refractivity contribution in [3.63, 3.8) is 0 Å². The number of amides is 2. The Morgan fingerprint density at radius 1 is 1.08 bits per heavy atom. The number of allylic oxidation sites excluding steroid dienone is 2. The molecule has 0 aromatic heterocycles. The lowest BCUT2D eigenvalue weighted by atomic mass is 9.82. The molecule has 0 unspecified atom stereocenters. The fraction of sp³-hybridized carbons (Fsp3) is 0.421. The molecule has 6 nitrogen and oxygen atoms in total. The lowest BCUT2D eigenvalue weighted by Crippen LogP contribution is -2.38. The van der Waals surface area contributed by atoms with Crippen LogP contribution in [0.25, 0.3) is 0 Å². The van der Waals surface area contributed by atoms with E-state index in [1.54, 1.807) is 30.3 Å². The first-order valence-corrected chi connectivity index (χ1v) is 9.87. The van der Waals surface area contributed by atoms with Crippen LogP contribution >= 0.6 is 11.8 Å². The summed E-state index contributed by atoms with van der Waals surface area (Å²) in [5.74, 6) is -0.749. The molecule has 1 aromatic carbocycles. The highest BCUT2D eigenvalue weighted by atomic mass is 32.2. The van der Waals surface area contributed by atoms with E-state index in [2.05, 4.69) is 5.32 Å². The first kappa shape index (κ1) is 18.5. The van der Waals surface area contributed by atoms with Crippen LogP contribution in [0, 0.1) is 11.8 Å². The maximum atomic E-state index is 12.6. The lowest BCUT2D eigenvalue weighted by molar-refractivity contribution is -0.146. The Hall–Kier alpha value is -2.28. The van der Waals surface area contributed by atoms with Gasteiger partial charge < -0.3 is 15.3 Å². The molecule has 7 heteroatoms. The third-order valence-electron chi connectivity index (χ3n) is 4.76. The molecule has 1 aliphatic carbocycles. The lowest BCUT2D eigenvalue weighted by Gasteiger charge is -2.27. The number of thioether (sulfide) groups is 1. The summed E-state index contributed by atoms with van der Waals surface area (Å²) in [7, 11) is 0. The number of hydrogen-bond donors (Lipinski definition) is 2. The van der Waals surface area contributed by atoms with E-state index < -0.39 is 17.8 Å². The van der Waals surface area contributed by atoms with Crippen molar-refractivity contribution >= 4 is 35.2 Å². The highest BCUT2D eigenvalue weighted by Crippen LogP contribution is 2.27. The predicted octanol–water partition coefficient (Wildman–Crippen LogP) is 2.48. The van der Waals surface area contributed by atoms with Gasteiger partial charge in [-0.3, -0.25) is 14.4 Å². The van der Waals surface area contributed by atoms with Crippen molar-refractivity contribution in [2.75, 3.05) is 29.9 Å². The Labute approximate surface area is 156 Å². The van der Waals surface area contributed by atoms with Crippen LogP contribution in [-0.2, 0) is 9.59 Å². The van der Waals surface area contributed by atoms with Crippen molar-refractivity contribution in [1.29, 1.82) is 0 Å². The van der Waals surface area contributed by atoms with Crippen LogP contribution in [0.2, 0.25) is 0 Å². The first-order valence-electron chi connectivity index (χ1n) is 8.72. The molecule has 0 saturated carbocycles. The average Bonchev–Trinajstić information content (AvgIpc) is 2.68. The van der Waals surface area contributed by atoms with Crippen molar-refractivity contribution < 1.29 is 19.5 Å². The molecule has 138 valence electrons. The van der Waals surface area contributed by atoms with Gasteiger partial charge >= 0.3 is 5.97 Å². The van der Waals surface area contributed by atoms with Crippen LogP contribution in [0.3, 0.4) is 0 Å². The molecule has 0 radical (unpaired) electrons. The molecular weight excluding hydrogens is 352 g/mol. The van der Waals surface area contributed by atoms with E-state index in [9.17, 15) is 19.5 Å². The van der Waals surface area contributed by atoms with Gasteiger partial charge in [-0.1, -0.05) is 18.2 Å². The van der Waals surface area contributed by atoms with Gasteiger partial charge in [-0.25, -0.2) is 0 Å². The second-order valence-corrected chi connectivity index (χ2v) is 7.69. The number of carboxylic acids is 1. The van der Waals surface area contributed by atoms with Crippen molar-refractivity contribution in [3.8, 4) is 0 Å². The smallest absolute Gasteiger partial charge is 0.307 e. The van der Waals surface area contributed by atoms with Gasteiger partial charge in [0.05, 0.1) is 11.8 Å². The van der Waals surface area contributed by atoms with Crippen molar-refractivity contribution in [2.24, 2.45) is 11.8 Å². The number of carbonyl (C=O) groups is 3. The topological polar surface area (TPSA) is 86.7 Å². The maximum Gasteiger partial charge on any atom is 0.307 e. The number of nitrogens with zero attached hydrogens (tertiary/aromatic N) is 1. The summed E-state index contributed by atoms with van der Waals surface area (Å²) in [6, 6.07) is 6.85. The molecule has 3 rings (SSSR count). The summed E-state index contributed by atoms with van der Waals surface area (Å²) in [4.78, 5) is 38.4. The monoisotopic (exact) mass is 374 g/mol. The van der Waals surface area contributed by atoms with Crippen LogP contribution in [-0.4, -0.2) is 52.4 Å². The zero-order valence-electron chi connectivity index (χ0n) is 14.4. The molecule has 26 heavy (non-hydrogen) atoms. The Morgan fingerprint density at radius 3 is 2.46 bits per heavy atom. The van der Waals surface area contributed by atoms with Gasteiger partial charge in [0.15, 0.2) is 0 Å². The summed E-state index contributed by atoms with van der Waals surface area (Å²) >= 11 is 1.84. The normalized spacial score (nSPS) is 22.7. The number of anilines is 1.